The maximum absolute atomic E-state index is 11.2. The molecule has 4 aliphatic rings. The Labute approximate surface area is 148 Å². The number of phenolic OH excluding ortho intramolecular Hbond substituents is 1. The predicted molar refractivity (Wildman–Crippen MR) is 97.3 cm³/mol. The van der Waals surface area contributed by atoms with Gasteiger partial charge in [0, 0.05) is 24.2 Å². The van der Waals surface area contributed by atoms with Crippen molar-refractivity contribution >= 4 is 10.9 Å². The van der Waals surface area contributed by atoms with Gasteiger partial charge in [-0.25, -0.2) is 0 Å². The molecule has 0 radical (unpaired) electrons. The van der Waals surface area contributed by atoms with Crippen LogP contribution in [0.25, 0.3) is 10.9 Å². The third kappa shape index (κ3) is 2.54. The molecular formula is C21H26N2O2. The molecule has 0 amide bonds. The number of aliphatic hydroxyl groups excluding tert-OH is 1. The van der Waals surface area contributed by atoms with Crippen LogP contribution in [0.4, 0.5) is 0 Å². The quantitative estimate of drug-likeness (QED) is 0.899. The van der Waals surface area contributed by atoms with Crippen molar-refractivity contribution in [3.63, 3.8) is 0 Å². The lowest BCUT2D eigenvalue weighted by atomic mass is 9.63. The summed E-state index contributed by atoms with van der Waals surface area (Å²) in [5.74, 6) is 2.79. The van der Waals surface area contributed by atoms with Crippen LogP contribution in [0.5, 0.6) is 5.75 Å². The lowest BCUT2D eigenvalue weighted by molar-refractivity contribution is -0.0795. The summed E-state index contributed by atoms with van der Waals surface area (Å²) in [4.78, 5) is 6.91. The number of rotatable bonds is 3. The van der Waals surface area contributed by atoms with Crippen molar-refractivity contribution in [1.82, 2.24) is 9.88 Å². The zero-order valence-electron chi connectivity index (χ0n) is 14.5. The first-order valence-electron chi connectivity index (χ1n) is 9.70. The van der Waals surface area contributed by atoms with Crippen molar-refractivity contribution in [3.8, 4) is 5.75 Å². The molecule has 2 aromatic rings. The molecule has 25 heavy (non-hydrogen) atoms. The number of piperidine rings is 3. The van der Waals surface area contributed by atoms with Crippen molar-refractivity contribution in [1.29, 1.82) is 0 Å². The molecule has 4 fully saturated rings. The second-order valence-electron chi connectivity index (χ2n) is 8.25. The molecule has 4 heterocycles. The summed E-state index contributed by atoms with van der Waals surface area (Å²) < 4.78 is 0. The maximum Gasteiger partial charge on any atom is 0.116 e. The van der Waals surface area contributed by atoms with Gasteiger partial charge in [-0.15, -0.1) is 0 Å². The van der Waals surface area contributed by atoms with Crippen LogP contribution in [-0.4, -0.2) is 39.2 Å². The number of phenols is 1. The molecule has 1 aliphatic carbocycles. The SMILES string of the molecule is Oc1ccc2nccc([C@@H](O)[C@@H]3CC4CCN3CC4C3CCC3)c2c1. The Kier molecular flexibility index (Phi) is 3.72. The highest BCUT2D eigenvalue weighted by Crippen LogP contribution is 2.48. The van der Waals surface area contributed by atoms with Gasteiger partial charge in [0.2, 0.25) is 0 Å². The molecule has 6 rings (SSSR count). The van der Waals surface area contributed by atoms with Gasteiger partial charge in [-0.3, -0.25) is 9.88 Å². The highest BCUT2D eigenvalue weighted by atomic mass is 16.3. The van der Waals surface area contributed by atoms with E-state index in [2.05, 4.69) is 9.88 Å². The minimum absolute atomic E-state index is 0.197. The van der Waals surface area contributed by atoms with E-state index in [9.17, 15) is 10.2 Å². The van der Waals surface area contributed by atoms with Gasteiger partial charge < -0.3 is 10.2 Å². The molecule has 3 aliphatic heterocycles. The van der Waals surface area contributed by atoms with Gasteiger partial charge in [-0.05, 0) is 67.0 Å². The Morgan fingerprint density at radius 1 is 1.12 bits per heavy atom. The molecule has 2 N–H and O–H groups in total. The van der Waals surface area contributed by atoms with Crippen LogP contribution >= 0.6 is 0 Å². The summed E-state index contributed by atoms with van der Waals surface area (Å²) in [6.45, 7) is 2.27. The Morgan fingerprint density at radius 3 is 2.72 bits per heavy atom. The van der Waals surface area contributed by atoms with Gasteiger partial charge in [0.05, 0.1) is 11.6 Å². The fourth-order valence-corrected chi connectivity index (χ4v) is 5.46. The number of aromatic nitrogens is 1. The number of benzene rings is 1. The number of nitrogens with zero attached hydrogens (tertiary/aromatic N) is 2. The summed E-state index contributed by atoms with van der Waals surface area (Å²) in [5, 5.41) is 21.9. The van der Waals surface area contributed by atoms with E-state index in [1.54, 1.807) is 18.3 Å². The number of hydrogen-bond acceptors (Lipinski definition) is 4. The molecule has 5 atom stereocenters. The third-order valence-corrected chi connectivity index (χ3v) is 7.05. The van der Waals surface area contributed by atoms with E-state index in [4.69, 9.17) is 0 Å². The van der Waals surface area contributed by atoms with E-state index >= 15 is 0 Å². The summed E-state index contributed by atoms with van der Waals surface area (Å²) >= 11 is 0. The second kappa shape index (κ2) is 5.96. The molecule has 1 saturated carbocycles. The summed E-state index contributed by atoms with van der Waals surface area (Å²) in [6.07, 6.45) is 7.88. The molecule has 1 aromatic carbocycles. The number of pyridine rings is 1. The van der Waals surface area contributed by atoms with Crippen LogP contribution in [0.3, 0.4) is 0 Å². The van der Waals surface area contributed by atoms with Crippen LogP contribution in [0.2, 0.25) is 0 Å². The zero-order valence-corrected chi connectivity index (χ0v) is 14.5. The monoisotopic (exact) mass is 338 g/mol. The minimum Gasteiger partial charge on any atom is -0.508 e. The standard InChI is InChI=1S/C21H26N2O2/c24-15-4-5-19-17(11-15)16(6-8-22-19)21(25)20-10-14-7-9-23(20)12-18(14)13-2-1-3-13/h4-6,8,11,13-14,18,20-21,24-25H,1-3,7,9-10,12H2/t14?,18?,20-,21+/m0/s1. The molecule has 0 spiro atoms. The first kappa shape index (κ1) is 15.6. The summed E-state index contributed by atoms with van der Waals surface area (Å²) in [6, 6.07) is 7.32. The first-order valence-corrected chi connectivity index (χ1v) is 9.70. The van der Waals surface area contributed by atoms with Crippen LogP contribution in [0, 0.1) is 17.8 Å². The van der Waals surface area contributed by atoms with Crippen LogP contribution < -0.4 is 0 Å². The van der Waals surface area contributed by atoms with Gasteiger partial charge in [0.25, 0.3) is 0 Å². The fraction of sp³-hybridized carbons (Fsp3) is 0.571. The van der Waals surface area contributed by atoms with E-state index < -0.39 is 6.10 Å². The van der Waals surface area contributed by atoms with E-state index in [0.717, 1.165) is 53.7 Å². The van der Waals surface area contributed by atoms with E-state index in [-0.39, 0.29) is 11.8 Å². The normalized spacial score (nSPS) is 33.3. The lowest BCUT2D eigenvalue weighted by Gasteiger charge is -2.54. The average Bonchev–Trinajstić information content (AvgIpc) is 2.59. The number of hydrogen-bond donors (Lipinski definition) is 2. The molecule has 4 heteroatoms. The van der Waals surface area contributed by atoms with E-state index in [1.807, 2.05) is 12.1 Å². The zero-order chi connectivity index (χ0) is 17.0. The predicted octanol–water partition coefficient (Wildman–Crippen LogP) is 3.48. The molecule has 4 nitrogen and oxygen atoms in total. The Hall–Kier alpha value is -1.65. The Morgan fingerprint density at radius 2 is 2.00 bits per heavy atom. The highest BCUT2D eigenvalue weighted by molar-refractivity contribution is 5.83. The molecule has 3 saturated heterocycles. The van der Waals surface area contributed by atoms with Gasteiger partial charge in [0.1, 0.15) is 5.75 Å². The molecule has 2 bridgehead atoms. The molecule has 3 unspecified atom stereocenters. The smallest absolute Gasteiger partial charge is 0.116 e. The van der Waals surface area contributed by atoms with E-state index in [0.29, 0.717) is 0 Å². The van der Waals surface area contributed by atoms with E-state index in [1.165, 1.54) is 25.7 Å². The lowest BCUT2D eigenvalue weighted by Crippen LogP contribution is -2.57. The van der Waals surface area contributed by atoms with Crippen molar-refractivity contribution in [3.05, 3.63) is 36.0 Å². The van der Waals surface area contributed by atoms with Gasteiger partial charge in [0.15, 0.2) is 0 Å². The highest BCUT2D eigenvalue weighted by Gasteiger charge is 2.46. The number of aliphatic hydroxyl groups is 1. The van der Waals surface area contributed by atoms with Crippen LogP contribution in [0.15, 0.2) is 30.5 Å². The molecular weight excluding hydrogens is 312 g/mol. The maximum atomic E-state index is 11.2. The van der Waals surface area contributed by atoms with Crippen LogP contribution in [0.1, 0.15) is 43.8 Å². The first-order chi connectivity index (χ1) is 12.2. The second-order valence-corrected chi connectivity index (χ2v) is 8.25. The Balaban J connectivity index is 1.44. The average molecular weight is 338 g/mol. The largest absolute Gasteiger partial charge is 0.508 e. The van der Waals surface area contributed by atoms with Crippen molar-refractivity contribution in [2.75, 3.05) is 13.1 Å². The topological polar surface area (TPSA) is 56.6 Å². The van der Waals surface area contributed by atoms with Gasteiger partial charge in [-0.1, -0.05) is 19.3 Å². The van der Waals surface area contributed by atoms with Crippen molar-refractivity contribution in [2.45, 2.75) is 44.2 Å². The van der Waals surface area contributed by atoms with Crippen LogP contribution in [-0.2, 0) is 0 Å². The van der Waals surface area contributed by atoms with Crippen molar-refractivity contribution in [2.24, 2.45) is 17.8 Å². The molecule has 1 aromatic heterocycles. The van der Waals surface area contributed by atoms with Gasteiger partial charge >= 0.3 is 0 Å². The number of aromatic hydroxyl groups is 1. The fourth-order valence-electron chi connectivity index (χ4n) is 5.46. The van der Waals surface area contributed by atoms with Gasteiger partial charge in [-0.2, -0.15) is 0 Å². The summed E-state index contributed by atoms with van der Waals surface area (Å²) in [5.41, 5.74) is 1.73. The molecule has 132 valence electrons. The summed E-state index contributed by atoms with van der Waals surface area (Å²) in [7, 11) is 0. The number of fused-ring (bicyclic) bond motifs is 4. The minimum atomic E-state index is -0.516. The Bertz CT molecular complexity index is 789. The van der Waals surface area contributed by atoms with Crippen molar-refractivity contribution < 1.29 is 10.2 Å². The third-order valence-electron chi connectivity index (χ3n) is 7.05.